The zero-order valence-electron chi connectivity index (χ0n) is 11.4. The molecule has 21 heavy (non-hydrogen) atoms. The molecule has 0 fully saturated rings. The van der Waals surface area contributed by atoms with Crippen LogP contribution in [-0.2, 0) is 13.0 Å². The lowest BCUT2D eigenvalue weighted by Gasteiger charge is -2.03. The second-order valence-corrected chi connectivity index (χ2v) is 5.60. The quantitative estimate of drug-likeness (QED) is 0.467. The lowest BCUT2D eigenvalue weighted by atomic mass is 10.2. The van der Waals surface area contributed by atoms with E-state index in [1.54, 1.807) is 16.8 Å². The Labute approximate surface area is 130 Å². The molecule has 0 atom stereocenters. The number of unbranched alkanes of at least 4 members (excludes halogenated alkanes) is 1. The zero-order valence-corrected chi connectivity index (χ0v) is 13.0. The van der Waals surface area contributed by atoms with E-state index in [0.29, 0.717) is 23.1 Å². The summed E-state index contributed by atoms with van der Waals surface area (Å²) in [4.78, 5) is 10.7. The molecule has 0 aliphatic carbocycles. The van der Waals surface area contributed by atoms with E-state index in [1.807, 2.05) is 6.20 Å². The third-order valence-electron chi connectivity index (χ3n) is 3.05. The number of benzene rings is 1. The summed E-state index contributed by atoms with van der Waals surface area (Å²) in [5.74, 6) is 0. The molecule has 0 saturated heterocycles. The third kappa shape index (κ3) is 4.33. The van der Waals surface area contributed by atoms with Gasteiger partial charge in [0, 0.05) is 16.7 Å². The minimum atomic E-state index is -0.390. The summed E-state index contributed by atoms with van der Waals surface area (Å²) in [5, 5.41) is 19.2. The molecular formula is C13H16BrN5O2. The maximum absolute atomic E-state index is 11.1. The largest absolute Gasteiger partial charge is 0.330 e. The maximum atomic E-state index is 11.1. The van der Waals surface area contributed by atoms with Crippen molar-refractivity contribution in [1.29, 1.82) is 0 Å². The van der Waals surface area contributed by atoms with E-state index in [2.05, 4.69) is 26.2 Å². The summed E-state index contributed by atoms with van der Waals surface area (Å²) >= 11 is 3.24. The average Bonchev–Trinajstić information content (AvgIpc) is 2.88. The molecule has 0 radical (unpaired) electrons. The van der Waals surface area contributed by atoms with Crippen LogP contribution in [0, 0.1) is 10.1 Å². The van der Waals surface area contributed by atoms with Crippen molar-refractivity contribution in [3.63, 3.8) is 0 Å². The molecule has 7 nitrogen and oxygen atoms in total. The van der Waals surface area contributed by atoms with Crippen molar-refractivity contribution in [2.24, 2.45) is 5.73 Å². The minimum absolute atomic E-state index is 0.0737. The van der Waals surface area contributed by atoms with Crippen molar-refractivity contribution in [1.82, 2.24) is 15.0 Å². The van der Waals surface area contributed by atoms with Crippen molar-refractivity contribution in [2.75, 3.05) is 6.54 Å². The van der Waals surface area contributed by atoms with Crippen LogP contribution in [0.4, 0.5) is 5.69 Å². The van der Waals surface area contributed by atoms with Gasteiger partial charge in [0.15, 0.2) is 0 Å². The Morgan fingerprint density at radius 1 is 1.38 bits per heavy atom. The molecule has 8 heteroatoms. The third-order valence-corrected chi connectivity index (χ3v) is 3.54. The molecule has 0 bridgehead atoms. The molecular weight excluding hydrogens is 338 g/mol. The number of rotatable bonds is 7. The summed E-state index contributed by atoms with van der Waals surface area (Å²) in [5.41, 5.74) is 7.00. The van der Waals surface area contributed by atoms with Gasteiger partial charge in [0.25, 0.3) is 5.69 Å². The number of aromatic nitrogens is 3. The Morgan fingerprint density at radius 2 is 2.19 bits per heavy atom. The van der Waals surface area contributed by atoms with Crippen molar-refractivity contribution in [2.45, 2.75) is 25.8 Å². The van der Waals surface area contributed by atoms with Crippen LogP contribution in [0.1, 0.15) is 24.1 Å². The van der Waals surface area contributed by atoms with Crippen LogP contribution in [0.2, 0.25) is 0 Å². The molecule has 1 aromatic heterocycles. The Morgan fingerprint density at radius 3 is 2.90 bits per heavy atom. The van der Waals surface area contributed by atoms with Gasteiger partial charge in [0.1, 0.15) is 0 Å². The van der Waals surface area contributed by atoms with Gasteiger partial charge in [-0.3, -0.25) is 10.1 Å². The molecule has 112 valence electrons. The van der Waals surface area contributed by atoms with Crippen LogP contribution < -0.4 is 5.73 Å². The number of halogens is 1. The first-order valence-electron chi connectivity index (χ1n) is 6.62. The summed E-state index contributed by atoms with van der Waals surface area (Å²) in [6, 6.07) is 4.99. The Bertz CT molecular complexity index is 629. The molecule has 1 aromatic carbocycles. The van der Waals surface area contributed by atoms with Crippen molar-refractivity contribution >= 4 is 21.6 Å². The average molecular weight is 354 g/mol. The van der Waals surface area contributed by atoms with Gasteiger partial charge in [0.05, 0.1) is 22.7 Å². The summed E-state index contributed by atoms with van der Waals surface area (Å²) in [6.07, 6.45) is 4.56. The van der Waals surface area contributed by atoms with Gasteiger partial charge in [-0.2, -0.15) is 0 Å². The van der Waals surface area contributed by atoms with Crippen LogP contribution in [0.15, 0.2) is 28.9 Å². The molecule has 0 aliphatic rings. The molecule has 2 rings (SSSR count). The first-order chi connectivity index (χ1) is 10.1. The van der Waals surface area contributed by atoms with Crippen molar-refractivity contribution < 1.29 is 4.92 Å². The monoisotopic (exact) mass is 353 g/mol. The van der Waals surface area contributed by atoms with E-state index >= 15 is 0 Å². The first-order valence-corrected chi connectivity index (χ1v) is 7.41. The Hall–Kier alpha value is -1.80. The Balaban J connectivity index is 2.10. The topological polar surface area (TPSA) is 99.9 Å². The van der Waals surface area contributed by atoms with E-state index < -0.39 is 0 Å². The fraction of sp³-hybridized carbons (Fsp3) is 0.385. The number of nitrogens with two attached hydrogens (primary N) is 1. The standard InChI is InChI=1S/C13H16BrN5O2/c14-11-5-4-10(13(7-11)19(20)21)8-18-9-12(16-17-18)3-1-2-6-15/h4-5,7,9H,1-3,6,8,15H2. The predicted molar refractivity (Wildman–Crippen MR) is 81.9 cm³/mol. The van der Waals surface area contributed by atoms with Crippen LogP contribution in [0.3, 0.4) is 0 Å². The molecule has 0 saturated carbocycles. The van der Waals surface area contributed by atoms with Gasteiger partial charge < -0.3 is 5.73 Å². The summed E-state index contributed by atoms with van der Waals surface area (Å²) < 4.78 is 2.30. The highest BCUT2D eigenvalue weighted by atomic mass is 79.9. The maximum Gasteiger partial charge on any atom is 0.275 e. The second kappa shape index (κ2) is 7.28. The van der Waals surface area contributed by atoms with E-state index in [0.717, 1.165) is 25.0 Å². The van der Waals surface area contributed by atoms with Crippen molar-refractivity contribution in [3.05, 3.63) is 50.2 Å². The predicted octanol–water partition coefficient (Wildman–Crippen LogP) is 2.28. The Kier molecular flexibility index (Phi) is 5.40. The summed E-state index contributed by atoms with van der Waals surface area (Å²) in [6.45, 7) is 0.993. The van der Waals surface area contributed by atoms with Crippen LogP contribution in [-0.4, -0.2) is 26.5 Å². The second-order valence-electron chi connectivity index (χ2n) is 4.68. The number of hydrogen-bond donors (Lipinski definition) is 1. The molecule has 0 aliphatic heterocycles. The van der Waals surface area contributed by atoms with Gasteiger partial charge in [-0.05, 0) is 37.9 Å². The summed E-state index contributed by atoms with van der Waals surface area (Å²) in [7, 11) is 0. The number of hydrogen-bond acceptors (Lipinski definition) is 5. The lowest BCUT2D eigenvalue weighted by molar-refractivity contribution is -0.385. The van der Waals surface area contributed by atoms with Crippen LogP contribution in [0.5, 0.6) is 0 Å². The van der Waals surface area contributed by atoms with E-state index in [9.17, 15) is 10.1 Å². The number of nitro benzene ring substituents is 1. The molecule has 2 aromatic rings. The first kappa shape index (κ1) is 15.6. The fourth-order valence-corrected chi connectivity index (χ4v) is 2.35. The van der Waals surface area contributed by atoms with E-state index in [-0.39, 0.29) is 10.6 Å². The number of aryl methyl sites for hydroxylation is 1. The molecule has 2 N–H and O–H groups in total. The zero-order chi connectivity index (χ0) is 15.2. The number of nitrogens with zero attached hydrogens (tertiary/aromatic N) is 4. The molecule has 1 heterocycles. The van der Waals surface area contributed by atoms with Gasteiger partial charge in [-0.15, -0.1) is 5.10 Å². The van der Waals surface area contributed by atoms with Gasteiger partial charge in [-0.1, -0.05) is 21.1 Å². The van der Waals surface area contributed by atoms with E-state index in [4.69, 9.17) is 5.73 Å². The molecule has 0 unspecified atom stereocenters. The highest BCUT2D eigenvalue weighted by Gasteiger charge is 2.15. The smallest absolute Gasteiger partial charge is 0.275 e. The number of nitro groups is 1. The highest BCUT2D eigenvalue weighted by molar-refractivity contribution is 9.10. The normalized spacial score (nSPS) is 10.8. The van der Waals surface area contributed by atoms with Crippen LogP contribution >= 0.6 is 15.9 Å². The lowest BCUT2D eigenvalue weighted by Crippen LogP contribution is -2.04. The fourth-order valence-electron chi connectivity index (χ4n) is 2.00. The molecule has 0 amide bonds. The van der Waals surface area contributed by atoms with Gasteiger partial charge >= 0.3 is 0 Å². The van der Waals surface area contributed by atoms with Crippen molar-refractivity contribution in [3.8, 4) is 0 Å². The van der Waals surface area contributed by atoms with Gasteiger partial charge in [-0.25, -0.2) is 4.68 Å². The van der Waals surface area contributed by atoms with E-state index in [1.165, 1.54) is 6.07 Å². The van der Waals surface area contributed by atoms with Crippen LogP contribution in [0.25, 0.3) is 0 Å². The highest BCUT2D eigenvalue weighted by Crippen LogP contribution is 2.24. The van der Waals surface area contributed by atoms with Gasteiger partial charge in [0.2, 0.25) is 0 Å². The molecule has 0 spiro atoms. The SMILES string of the molecule is NCCCCc1cn(Cc2ccc(Br)cc2[N+](=O)[O-])nn1. The minimum Gasteiger partial charge on any atom is -0.330 e.